The Morgan fingerprint density at radius 1 is 1.48 bits per heavy atom. The lowest BCUT2D eigenvalue weighted by atomic mass is 9.94. The molecular formula is C14H19N3O3S. The molecule has 21 heavy (non-hydrogen) atoms. The number of nitro groups is 1. The molecule has 1 saturated carbocycles. The molecule has 0 saturated heterocycles. The number of anilines is 1. The van der Waals surface area contributed by atoms with Crippen LogP contribution in [-0.2, 0) is 0 Å². The van der Waals surface area contributed by atoms with Gasteiger partial charge in [-0.3, -0.25) is 14.9 Å². The Bertz CT molecular complexity index is 550. The predicted molar refractivity (Wildman–Crippen MR) is 84.5 cm³/mol. The molecule has 1 amide bonds. The summed E-state index contributed by atoms with van der Waals surface area (Å²) in [6, 6.07) is 4.35. The van der Waals surface area contributed by atoms with E-state index < -0.39 is 10.8 Å². The highest BCUT2D eigenvalue weighted by atomic mass is 32.2. The van der Waals surface area contributed by atoms with E-state index in [0.29, 0.717) is 5.25 Å². The highest BCUT2D eigenvalue weighted by Crippen LogP contribution is 2.28. The number of hydrogen-bond donors (Lipinski definition) is 2. The van der Waals surface area contributed by atoms with Crippen molar-refractivity contribution in [3.63, 3.8) is 0 Å². The average molecular weight is 309 g/mol. The maximum Gasteiger partial charge on any atom is 0.284 e. The zero-order chi connectivity index (χ0) is 15.4. The number of nitro benzene ring substituents is 1. The second kappa shape index (κ2) is 6.80. The van der Waals surface area contributed by atoms with Gasteiger partial charge in [-0.2, -0.15) is 11.8 Å². The van der Waals surface area contributed by atoms with Gasteiger partial charge in [0.15, 0.2) is 0 Å². The van der Waals surface area contributed by atoms with E-state index >= 15 is 0 Å². The van der Waals surface area contributed by atoms with Crippen molar-refractivity contribution in [1.29, 1.82) is 0 Å². The maximum absolute atomic E-state index is 12.4. The molecule has 7 heteroatoms. The Kier molecular flexibility index (Phi) is 5.06. The van der Waals surface area contributed by atoms with Crippen LogP contribution in [-0.4, -0.2) is 28.4 Å². The molecule has 0 aliphatic heterocycles. The van der Waals surface area contributed by atoms with Gasteiger partial charge in [-0.1, -0.05) is 12.5 Å². The largest absolute Gasteiger partial charge is 0.398 e. The number of carbonyl (C=O) groups excluding carboxylic acids is 1. The lowest BCUT2D eigenvalue weighted by molar-refractivity contribution is -0.385. The summed E-state index contributed by atoms with van der Waals surface area (Å²) in [5.74, 6) is -0.452. The minimum atomic E-state index is -0.573. The summed E-state index contributed by atoms with van der Waals surface area (Å²) in [6.45, 7) is 0. The molecule has 1 aliphatic rings. The molecular weight excluding hydrogens is 290 g/mol. The Labute approximate surface area is 127 Å². The van der Waals surface area contributed by atoms with Gasteiger partial charge in [0.25, 0.3) is 11.6 Å². The molecule has 0 heterocycles. The number of carbonyl (C=O) groups is 1. The number of nitrogens with zero attached hydrogens (tertiary/aromatic N) is 1. The van der Waals surface area contributed by atoms with Crippen LogP contribution in [0.25, 0.3) is 0 Å². The summed E-state index contributed by atoms with van der Waals surface area (Å²) in [6.07, 6.45) is 6.08. The zero-order valence-electron chi connectivity index (χ0n) is 11.9. The molecule has 3 N–H and O–H groups in total. The molecule has 114 valence electrons. The first-order valence-corrected chi connectivity index (χ1v) is 8.18. The molecule has 1 aromatic carbocycles. The standard InChI is InChI=1S/C14H19N3O3S/c1-21-10-5-2-4-9(8-10)16-14(18)13-11(15)6-3-7-12(13)17(19)20/h3,6-7,9-10H,2,4-5,8,15H2,1H3,(H,16,18)/t9-,10+/m0/s1. The monoisotopic (exact) mass is 309 g/mol. The van der Waals surface area contributed by atoms with Crippen molar-refractivity contribution in [3.8, 4) is 0 Å². The van der Waals surface area contributed by atoms with Crippen molar-refractivity contribution in [3.05, 3.63) is 33.9 Å². The van der Waals surface area contributed by atoms with E-state index in [0.717, 1.165) is 25.7 Å². The fourth-order valence-electron chi connectivity index (χ4n) is 2.70. The van der Waals surface area contributed by atoms with Gasteiger partial charge in [-0.15, -0.1) is 0 Å². The van der Waals surface area contributed by atoms with E-state index in [1.807, 2.05) is 0 Å². The van der Waals surface area contributed by atoms with Gasteiger partial charge in [0.05, 0.1) is 10.6 Å². The van der Waals surface area contributed by atoms with Gasteiger partial charge < -0.3 is 11.1 Å². The highest BCUT2D eigenvalue weighted by molar-refractivity contribution is 7.99. The minimum absolute atomic E-state index is 0.0335. The maximum atomic E-state index is 12.4. The number of rotatable bonds is 4. The van der Waals surface area contributed by atoms with Crippen LogP contribution < -0.4 is 11.1 Å². The summed E-state index contributed by atoms with van der Waals surface area (Å²) >= 11 is 1.80. The first-order chi connectivity index (χ1) is 10.0. The molecule has 1 aromatic rings. The topological polar surface area (TPSA) is 98.3 Å². The van der Waals surface area contributed by atoms with Crippen molar-refractivity contribution in [2.24, 2.45) is 0 Å². The second-order valence-electron chi connectivity index (χ2n) is 5.19. The molecule has 0 spiro atoms. The summed E-state index contributed by atoms with van der Waals surface area (Å²) in [5, 5.41) is 14.5. The van der Waals surface area contributed by atoms with E-state index in [4.69, 9.17) is 5.73 Å². The Hall–Kier alpha value is -1.76. The van der Waals surface area contributed by atoms with Gasteiger partial charge in [0.1, 0.15) is 5.56 Å². The lowest BCUT2D eigenvalue weighted by Crippen LogP contribution is -2.39. The van der Waals surface area contributed by atoms with Gasteiger partial charge in [0.2, 0.25) is 0 Å². The van der Waals surface area contributed by atoms with Crippen LogP contribution in [0.15, 0.2) is 18.2 Å². The summed E-state index contributed by atoms with van der Waals surface area (Å²) < 4.78 is 0. The van der Waals surface area contributed by atoms with Gasteiger partial charge in [-0.05, 0) is 31.6 Å². The number of hydrogen-bond acceptors (Lipinski definition) is 5. The summed E-state index contributed by atoms with van der Waals surface area (Å²) in [5.41, 5.74) is 5.61. The Balaban J connectivity index is 2.15. The van der Waals surface area contributed by atoms with Gasteiger partial charge >= 0.3 is 0 Å². The Morgan fingerprint density at radius 2 is 2.24 bits per heavy atom. The molecule has 0 bridgehead atoms. The third-order valence-electron chi connectivity index (χ3n) is 3.79. The Morgan fingerprint density at radius 3 is 2.90 bits per heavy atom. The SMILES string of the molecule is CS[C@@H]1CCC[C@H](NC(=O)c2c(N)cccc2[N+](=O)[O-])C1. The molecule has 2 rings (SSSR count). The van der Waals surface area contributed by atoms with Crippen molar-refractivity contribution < 1.29 is 9.72 Å². The second-order valence-corrected chi connectivity index (χ2v) is 6.33. The highest BCUT2D eigenvalue weighted by Gasteiger charge is 2.27. The number of thioether (sulfide) groups is 1. The quantitative estimate of drug-likeness (QED) is 0.506. The molecule has 6 nitrogen and oxygen atoms in total. The van der Waals surface area contributed by atoms with E-state index in [2.05, 4.69) is 11.6 Å². The number of amides is 1. The number of nitrogens with one attached hydrogen (secondary N) is 1. The van der Waals surface area contributed by atoms with Crippen LogP contribution in [0.5, 0.6) is 0 Å². The number of nitrogen functional groups attached to an aromatic ring is 1. The van der Waals surface area contributed by atoms with Crippen LogP contribution >= 0.6 is 11.8 Å². The van der Waals surface area contributed by atoms with Crippen LogP contribution in [0, 0.1) is 10.1 Å². The van der Waals surface area contributed by atoms with Crippen molar-refractivity contribution in [1.82, 2.24) is 5.32 Å². The fourth-order valence-corrected chi connectivity index (χ4v) is 3.53. The molecule has 1 fully saturated rings. The summed E-state index contributed by atoms with van der Waals surface area (Å²) in [7, 11) is 0. The fraction of sp³-hybridized carbons (Fsp3) is 0.500. The molecule has 0 radical (unpaired) electrons. The first-order valence-electron chi connectivity index (χ1n) is 6.89. The van der Waals surface area contributed by atoms with E-state index in [-0.39, 0.29) is 23.0 Å². The predicted octanol–water partition coefficient (Wildman–Crippen LogP) is 2.58. The van der Waals surface area contributed by atoms with Crippen LogP contribution in [0.2, 0.25) is 0 Å². The first kappa shape index (κ1) is 15.6. The molecule has 0 unspecified atom stereocenters. The average Bonchev–Trinajstić information content (AvgIpc) is 2.46. The van der Waals surface area contributed by atoms with E-state index in [1.54, 1.807) is 11.8 Å². The van der Waals surface area contributed by atoms with Crippen molar-refractivity contribution >= 4 is 29.0 Å². The van der Waals surface area contributed by atoms with Crippen molar-refractivity contribution in [2.75, 3.05) is 12.0 Å². The smallest absolute Gasteiger partial charge is 0.284 e. The van der Waals surface area contributed by atoms with Crippen LogP contribution in [0.3, 0.4) is 0 Å². The zero-order valence-corrected chi connectivity index (χ0v) is 12.7. The van der Waals surface area contributed by atoms with Gasteiger partial charge in [-0.25, -0.2) is 0 Å². The van der Waals surface area contributed by atoms with E-state index in [9.17, 15) is 14.9 Å². The normalized spacial score (nSPS) is 21.8. The van der Waals surface area contributed by atoms with Crippen molar-refractivity contribution in [2.45, 2.75) is 37.0 Å². The molecule has 0 aromatic heterocycles. The molecule has 1 aliphatic carbocycles. The number of benzene rings is 1. The minimum Gasteiger partial charge on any atom is -0.398 e. The summed E-state index contributed by atoms with van der Waals surface area (Å²) in [4.78, 5) is 22.8. The van der Waals surface area contributed by atoms with Crippen LogP contribution in [0.4, 0.5) is 11.4 Å². The van der Waals surface area contributed by atoms with Gasteiger partial charge in [0, 0.05) is 17.4 Å². The number of nitrogens with two attached hydrogens (primary N) is 1. The van der Waals surface area contributed by atoms with Crippen LogP contribution in [0.1, 0.15) is 36.0 Å². The van der Waals surface area contributed by atoms with E-state index in [1.165, 1.54) is 18.2 Å². The molecule has 2 atom stereocenters. The third-order valence-corrected chi connectivity index (χ3v) is 4.89. The lowest BCUT2D eigenvalue weighted by Gasteiger charge is -2.28. The third kappa shape index (κ3) is 3.66.